The standard InChI is InChI=1S/C20H32O3/c1-18-8-6-13(21)10-12(18)4-5-14-15-7-9-20(3,23)19(15,2)11-16(22)17(14)18/h4,13-17,21-23H,5-11H2,1-3H3/t13-,14-,15-,16-,17+,18-,19-,20+/m0/s1. The molecule has 0 aliphatic heterocycles. The van der Waals surface area contributed by atoms with Crippen LogP contribution in [0.3, 0.4) is 0 Å². The van der Waals surface area contributed by atoms with E-state index < -0.39 is 5.60 Å². The number of hydrogen-bond donors (Lipinski definition) is 3. The van der Waals surface area contributed by atoms with Crippen LogP contribution in [0.4, 0.5) is 0 Å². The van der Waals surface area contributed by atoms with E-state index in [1.807, 2.05) is 6.92 Å². The largest absolute Gasteiger partial charge is 0.393 e. The molecule has 3 nitrogen and oxygen atoms in total. The van der Waals surface area contributed by atoms with E-state index in [9.17, 15) is 15.3 Å². The summed E-state index contributed by atoms with van der Waals surface area (Å²) in [7, 11) is 0. The summed E-state index contributed by atoms with van der Waals surface area (Å²) >= 11 is 0. The summed E-state index contributed by atoms with van der Waals surface area (Å²) in [6, 6.07) is 0. The number of rotatable bonds is 0. The number of aliphatic hydroxyl groups is 3. The fraction of sp³-hybridized carbons (Fsp3) is 0.900. The summed E-state index contributed by atoms with van der Waals surface area (Å²) < 4.78 is 0. The Labute approximate surface area is 139 Å². The van der Waals surface area contributed by atoms with Crippen molar-refractivity contribution >= 4 is 0 Å². The molecule has 0 bridgehead atoms. The van der Waals surface area contributed by atoms with Crippen LogP contribution in [0.15, 0.2) is 11.6 Å². The van der Waals surface area contributed by atoms with Crippen molar-refractivity contribution in [3.63, 3.8) is 0 Å². The molecule has 0 saturated heterocycles. The molecule has 0 aromatic rings. The molecule has 0 aromatic carbocycles. The van der Waals surface area contributed by atoms with Crippen molar-refractivity contribution in [1.82, 2.24) is 0 Å². The highest BCUT2D eigenvalue weighted by Gasteiger charge is 2.64. The van der Waals surface area contributed by atoms with Gasteiger partial charge in [0.25, 0.3) is 0 Å². The maximum atomic E-state index is 11.1. The van der Waals surface area contributed by atoms with Crippen LogP contribution in [0.2, 0.25) is 0 Å². The number of hydrogen-bond acceptors (Lipinski definition) is 3. The van der Waals surface area contributed by atoms with Gasteiger partial charge >= 0.3 is 0 Å². The normalized spacial score (nSPS) is 58.9. The lowest BCUT2D eigenvalue weighted by molar-refractivity contribution is -0.162. The van der Waals surface area contributed by atoms with E-state index in [0.29, 0.717) is 17.8 Å². The number of allylic oxidation sites excluding steroid dienone is 1. The Hall–Kier alpha value is -0.380. The lowest BCUT2D eigenvalue weighted by atomic mass is 9.46. The van der Waals surface area contributed by atoms with Gasteiger partial charge in [0.05, 0.1) is 17.8 Å². The van der Waals surface area contributed by atoms with Gasteiger partial charge in [0, 0.05) is 5.41 Å². The first-order valence-corrected chi connectivity index (χ1v) is 9.47. The van der Waals surface area contributed by atoms with Crippen LogP contribution < -0.4 is 0 Å². The van der Waals surface area contributed by atoms with Gasteiger partial charge in [-0.25, -0.2) is 0 Å². The second kappa shape index (κ2) is 4.83. The lowest BCUT2D eigenvalue weighted by Crippen LogP contribution is -2.59. The molecule has 3 fully saturated rings. The van der Waals surface area contributed by atoms with Gasteiger partial charge in [-0.2, -0.15) is 0 Å². The van der Waals surface area contributed by atoms with Crippen LogP contribution in [-0.2, 0) is 0 Å². The van der Waals surface area contributed by atoms with E-state index >= 15 is 0 Å². The molecule has 23 heavy (non-hydrogen) atoms. The van der Waals surface area contributed by atoms with Crippen LogP contribution >= 0.6 is 0 Å². The zero-order valence-electron chi connectivity index (χ0n) is 14.8. The van der Waals surface area contributed by atoms with Gasteiger partial charge < -0.3 is 15.3 Å². The van der Waals surface area contributed by atoms with E-state index in [1.54, 1.807) is 0 Å². The molecule has 0 aromatic heterocycles. The Morgan fingerprint density at radius 1 is 1.09 bits per heavy atom. The van der Waals surface area contributed by atoms with Crippen LogP contribution in [0.5, 0.6) is 0 Å². The molecule has 0 unspecified atom stereocenters. The summed E-state index contributed by atoms with van der Waals surface area (Å²) in [5.74, 6) is 1.27. The zero-order valence-corrected chi connectivity index (χ0v) is 14.8. The molecule has 4 rings (SSSR count). The van der Waals surface area contributed by atoms with Crippen LogP contribution in [0, 0.1) is 28.6 Å². The van der Waals surface area contributed by atoms with E-state index in [0.717, 1.165) is 44.9 Å². The van der Waals surface area contributed by atoms with Crippen molar-refractivity contribution in [1.29, 1.82) is 0 Å². The highest BCUT2D eigenvalue weighted by Crippen LogP contribution is 2.66. The summed E-state index contributed by atoms with van der Waals surface area (Å²) in [4.78, 5) is 0. The Bertz CT molecular complexity index is 539. The highest BCUT2D eigenvalue weighted by molar-refractivity contribution is 5.27. The van der Waals surface area contributed by atoms with E-state index in [1.165, 1.54) is 5.57 Å². The maximum absolute atomic E-state index is 11.1. The van der Waals surface area contributed by atoms with Gasteiger partial charge in [-0.3, -0.25) is 0 Å². The van der Waals surface area contributed by atoms with Crippen LogP contribution in [-0.4, -0.2) is 33.1 Å². The Kier molecular flexibility index (Phi) is 3.38. The first kappa shape index (κ1) is 16.1. The molecule has 4 aliphatic rings. The summed E-state index contributed by atoms with van der Waals surface area (Å²) in [5.41, 5.74) is 0.600. The van der Waals surface area contributed by atoms with Crippen molar-refractivity contribution in [3.8, 4) is 0 Å². The molecule has 0 heterocycles. The monoisotopic (exact) mass is 320 g/mol. The van der Waals surface area contributed by atoms with Gasteiger partial charge in [-0.1, -0.05) is 25.5 Å². The van der Waals surface area contributed by atoms with E-state index in [-0.39, 0.29) is 23.0 Å². The zero-order chi connectivity index (χ0) is 16.6. The minimum atomic E-state index is -0.655. The Morgan fingerprint density at radius 2 is 1.83 bits per heavy atom. The fourth-order valence-corrected chi connectivity index (χ4v) is 6.99. The molecular weight excluding hydrogens is 288 g/mol. The lowest BCUT2D eigenvalue weighted by Gasteiger charge is -2.60. The minimum absolute atomic E-state index is 0.0390. The summed E-state index contributed by atoms with van der Waals surface area (Å²) in [6.45, 7) is 6.50. The van der Waals surface area contributed by atoms with Gasteiger partial charge in [-0.15, -0.1) is 0 Å². The average Bonchev–Trinajstić information content (AvgIpc) is 2.69. The second-order valence-electron chi connectivity index (χ2n) is 9.58. The minimum Gasteiger partial charge on any atom is -0.393 e. The van der Waals surface area contributed by atoms with E-state index in [2.05, 4.69) is 19.9 Å². The van der Waals surface area contributed by atoms with Gasteiger partial charge in [0.2, 0.25) is 0 Å². The van der Waals surface area contributed by atoms with Gasteiger partial charge in [0.1, 0.15) is 0 Å². The number of aliphatic hydroxyl groups excluding tert-OH is 2. The smallest absolute Gasteiger partial charge is 0.0676 e. The quantitative estimate of drug-likeness (QED) is 0.601. The SMILES string of the molecule is C[C@]12CC[C@H](O)CC1=CC[C@@H]1[C@@H]2[C@@H](O)C[C@@]2(C)[C@H]1CC[C@@]2(C)O. The Morgan fingerprint density at radius 3 is 2.57 bits per heavy atom. The third-order valence-electron chi connectivity index (χ3n) is 8.57. The topological polar surface area (TPSA) is 60.7 Å². The second-order valence-corrected chi connectivity index (χ2v) is 9.58. The fourth-order valence-electron chi connectivity index (χ4n) is 6.99. The summed E-state index contributed by atoms with van der Waals surface area (Å²) in [5, 5.41) is 32.1. The van der Waals surface area contributed by atoms with Crippen LogP contribution in [0.25, 0.3) is 0 Å². The van der Waals surface area contributed by atoms with Crippen molar-refractivity contribution in [2.45, 2.75) is 83.5 Å². The predicted octanol–water partition coefficient (Wildman–Crippen LogP) is 3.03. The van der Waals surface area contributed by atoms with Crippen LogP contribution in [0.1, 0.15) is 65.7 Å². The summed E-state index contributed by atoms with van der Waals surface area (Å²) in [6.07, 6.45) is 8.11. The Balaban J connectivity index is 1.74. The third-order valence-corrected chi connectivity index (χ3v) is 8.57. The van der Waals surface area contributed by atoms with Crippen molar-refractivity contribution in [2.24, 2.45) is 28.6 Å². The molecule has 8 atom stereocenters. The molecule has 3 heteroatoms. The molecule has 0 amide bonds. The molecule has 0 spiro atoms. The third kappa shape index (κ3) is 1.99. The number of fused-ring (bicyclic) bond motifs is 5. The molecule has 130 valence electrons. The first-order chi connectivity index (χ1) is 10.7. The van der Waals surface area contributed by atoms with E-state index in [4.69, 9.17) is 0 Å². The first-order valence-electron chi connectivity index (χ1n) is 9.47. The maximum Gasteiger partial charge on any atom is 0.0676 e. The van der Waals surface area contributed by atoms with Crippen molar-refractivity contribution in [2.75, 3.05) is 0 Å². The van der Waals surface area contributed by atoms with Crippen molar-refractivity contribution < 1.29 is 15.3 Å². The highest BCUT2D eigenvalue weighted by atomic mass is 16.3. The molecule has 0 radical (unpaired) electrons. The molecule has 4 aliphatic carbocycles. The molecule has 3 saturated carbocycles. The molecular formula is C20H32O3. The molecule has 3 N–H and O–H groups in total. The average molecular weight is 320 g/mol. The predicted molar refractivity (Wildman–Crippen MR) is 89.7 cm³/mol. The van der Waals surface area contributed by atoms with Gasteiger partial charge in [0.15, 0.2) is 0 Å². The van der Waals surface area contributed by atoms with Crippen molar-refractivity contribution in [3.05, 3.63) is 11.6 Å². The van der Waals surface area contributed by atoms with Gasteiger partial charge in [-0.05, 0) is 75.0 Å².